The lowest BCUT2D eigenvalue weighted by atomic mass is 9.90. The number of nitrogens with zero attached hydrogens (tertiary/aromatic N) is 5. The first-order valence-electron chi connectivity index (χ1n) is 13.3. The smallest absolute Gasteiger partial charge is 0.250 e. The Morgan fingerprint density at radius 2 is 1.67 bits per heavy atom. The third-order valence-corrected chi connectivity index (χ3v) is 6.97. The highest BCUT2D eigenvalue weighted by Gasteiger charge is 2.22. The van der Waals surface area contributed by atoms with E-state index >= 15 is 0 Å². The Bertz CT molecular complexity index is 1440. The van der Waals surface area contributed by atoms with Crippen LogP contribution in [0, 0.1) is 12.8 Å². The molecule has 6 rings (SSSR count). The number of hydrogen-bond donors (Lipinski definition) is 2. The van der Waals surface area contributed by atoms with Gasteiger partial charge in [0.2, 0.25) is 24.6 Å². The van der Waals surface area contributed by atoms with Crippen molar-refractivity contribution < 1.29 is 9.47 Å². The minimum Gasteiger partial charge on any atom is -0.454 e. The summed E-state index contributed by atoms with van der Waals surface area (Å²) in [5.41, 5.74) is 7.36. The molecule has 3 heterocycles. The SMILES string of the molecule is Cc1ccc(Nc2nc(NN=Cc3ccc4c(c3)OCO4)nc(N3CCC(Cc4ccccc4)CC3)n2)cc1. The average Bonchev–Trinajstić information content (AvgIpc) is 3.43. The summed E-state index contributed by atoms with van der Waals surface area (Å²) in [7, 11) is 0. The van der Waals surface area contributed by atoms with Crippen LogP contribution in [0.5, 0.6) is 11.5 Å². The number of benzene rings is 3. The molecule has 39 heavy (non-hydrogen) atoms. The van der Waals surface area contributed by atoms with Gasteiger partial charge < -0.3 is 19.7 Å². The Morgan fingerprint density at radius 1 is 0.897 bits per heavy atom. The second-order valence-electron chi connectivity index (χ2n) is 9.88. The first kappa shape index (κ1) is 24.7. The molecule has 1 fully saturated rings. The Morgan fingerprint density at radius 3 is 2.49 bits per heavy atom. The molecule has 2 aliphatic rings. The number of hydrazone groups is 1. The van der Waals surface area contributed by atoms with Crippen molar-refractivity contribution in [2.24, 2.45) is 11.0 Å². The van der Waals surface area contributed by atoms with Crippen LogP contribution in [0.1, 0.15) is 29.5 Å². The van der Waals surface area contributed by atoms with Gasteiger partial charge in [0.25, 0.3) is 0 Å². The molecule has 198 valence electrons. The van der Waals surface area contributed by atoms with Gasteiger partial charge in [-0.25, -0.2) is 5.43 Å². The first-order valence-corrected chi connectivity index (χ1v) is 13.3. The molecule has 9 heteroatoms. The maximum absolute atomic E-state index is 5.46. The maximum atomic E-state index is 5.46. The number of hydrogen-bond acceptors (Lipinski definition) is 9. The summed E-state index contributed by atoms with van der Waals surface area (Å²) in [5.74, 6) is 3.58. The molecule has 0 amide bonds. The molecule has 0 bridgehead atoms. The zero-order chi connectivity index (χ0) is 26.4. The molecule has 0 radical (unpaired) electrons. The van der Waals surface area contributed by atoms with Crippen molar-refractivity contribution in [1.82, 2.24) is 15.0 Å². The Hall–Kier alpha value is -4.66. The van der Waals surface area contributed by atoms with Gasteiger partial charge in [-0.2, -0.15) is 20.1 Å². The highest BCUT2D eigenvalue weighted by atomic mass is 16.7. The van der Waals surface area contributed by atoms with Crippen molar-refractivity contribution in [2.45, 2.75) is 26.2 Å². The third kappa shape index (κ3) is 6.26. The highest BCUT2D eigenvalue weighted by Crippen LogP contribution is 2.32. The summed E-state index contributed by atoms with van der Waals surface area (Å²) in [5, 5.41) is 7.69. The molecular formula is C30H31N7O2. The van der Waals surface area contributed by atoms with E-state index in [2.05, 4.69) is 75.1 Å². The Kier molecular flexibility index (Phi) is 7.20. The van der Waals surface area contributed by atoms with Crippen LogP contribution in [0.4, 0.5) is 23.5 Å². The van der Waals surface area contributed by atoms with Crippen LogP contribution in [0.25, 0.3) is 0 Å². The number of ether oxygens (including phenoxy) is 2. The average molecular weight is 522 g/mol. The van der Waals surface area contributed by atoms with E-state index in [1.54, 1.807) is 6.21 Å². The van der Waals surface area contributed by atoms with Gasteiger partial charge in [0.1, 0.15) is 0 Å². The second kappa shape index (κ2) is 11.4. The fourth-order valence-corrected chi connectivity index (χ4v) is 4.82. The zero-order valence-electron chi connectivity index (χ0n) is 21.9. The van der Waals surface area contributed by atoms with Gasteiger partial charge in [-0.15, -0.1) is 0 Å². The summed E-state index contributed by atoms with van der Waals surface area (Å²) < 4.78 is 10.8. The number of rotatable bonds is 8. The van der Waals surface area contributed by atoms with E-state index in [1.165, 1.54) is 11.1 Å². The number of nitrogens with one attached hydrogen (secondary N) is 2. The summed E-state index contributed by atoms with van der Waals surface area (Å²) in [6.07, 6.45) is 4.99. The minimum absolute atomic E-state index is 0.238. The first-order chi connectivity index (χ1) is 19.2. The van der Waals surface area contributed by atoms with E-state index in [1.807, 2.05) is 30.3 Å². The molecule has 0 saturated carbocycles. The van der Waals surface area contributed by atoms with Crippen LogP contribution in [0.15, 0.2) is 77.9 Å². The fourth-order valence-electron chi connectivity index (χ4n) is 4.82. The number of aryl methyl sites for hydroxylation is 1. The van der Waals surface area contributed by atoms with Crippen LogP contribution in [-0.4, -0.2) is 41.0 Å². The van der Waals surface area contributed by atoms with Crippen molar-refractivity contribution in [3.8, 4) is 11.5 Å². The van der Waals surface area contributed by atoms with Crippen molar-refractivity contribution in [1.29, 1.82) is 0 Å². The third-order valence-electron chi connectivity index (χ3n) is 6.97. The summed E-state index contributed by atoms with van der Waals surface area (Å²) >= 11 is 0. The van der Waals surface area contributed by atoms with Gasteiger partial charge in [0.15, 0.2) is 11.5 Å². The second-order valence-corrected chi connectivity index (χ2v) is 9.88. The molecule has 2 aliphatic heterocycles. The lowest BCUT2D eigenvalue weighted by Gasteiger charge is -2.32. The molecule has 0 unspecified atom stereocenters. The van der Waals surface area contributed by atoms with Crippen molar-refractivity contribution in [3.63, 3.8) is 0 Å². The van der Waals surface area contributed by atoms with E-state index in [-0.39, 0.29) is 6.79 Å². The number of aromatic nitrogens is 3. The molecule has 9 nitrogen and oxygen atoms in total. The summed E-state index contributed by atoms with van der Waals surface area (Å²) in [6.45, 7) is 4.09. The lowest BCUT2D eigenvalue weighted by Crippen LogP contribution is -2.35. The molecule has 3 aromatic carbocycles. The van der Waals surface area contributed by atoms with Gasteiger partial charge in [-0.3, -0.25) is 0 Å². The van der Waals surface area contributed by atoms with Crippen molar-refractivity contribution in [2.75, 3.05) is 35.5 Å². The van der Waals surface area contributed by atoms with E-state index in [4.69, 9.17) is 19.4 Å². The molecule has 1 saturated heterocycles. The van der Waals surface area contributed by atoms with Gasteiger partial charge >= 0.3 is 0 Å². The molecule has 0 atom stereocenters. The minimum atomic E-state index is 0.238. The molecule has 1 aromatic heterocycles. The Balaban J connectivity index is 1.17. The van der Waals surface area contributed by atoms with Crippen molar-refractivity contribution in [3.05, 3.63) is 89.5 Å². The topological polar surface area (TPSA) is 96.8 Å². The standard InChI is InChI=1S/C30H31N7O2/c1-21-7-10-25(11-8-21)32-28-33-29(36-31-19-24-9-12-26-27(18-24)39-20-38-26)35-30(34-28)37-15-13-23(14-16-37)17-22-5-3-2-4-6-22/h2-12,18-19,23H,13-17,20H2,1H3,(H2,32,33,34,35,36). The normalized spacial score (nSPS) is 15.1. The van der Waals surface area contributed by atoms with Gasteiger partial charge in [-0.1, -0.05) is 48.0 Å². The van der Waals surface area contributed by atoms with Crippen LogP contribution in [-0.2, 0) is 6.42 Å². The van der Waals surface area contributed by atoms with Gasteiger partial charge in [0.05, 0.1) is 6.21 Å². The fraction of sp³-hybridized carbons (Fsp3) is 0.267. The maximum Gasteiger partial charge on any atom is 0.250 e. The number of anilines is 4. The number of piperidine rings is 1. The van der Waals surface area contributed by atoms with Crippen molar-refractivity contribution >= 4 is 29.7 Å². The van der Waals surface area contributed by atoms with Crippen LogP contribution < -0.4 is 25.1 Å². The van der Waals surface area contributed by atoms with E-state index in [0.717, 1.165) is 49.4 Å². The lowest BCUT2D eigenvalue weighted by molar-refractivity contribution is 0.174. The molecule has 4 aromatic rings. The molecule has 2 N–H and O–H groups in total. The largest absolute Gasteiger partial charge is 0.454 e. The van der Waals surface area contributed by atoms with Gasteiger partial charge in [-0.05, 0) is 73.6 Å². The van der Waals surface area contributed by atoms with Crippen LogP contribution in [0.2, 0.25) is 0 Å². The highest BCUT2D eigenvalue weighted by molar-refractivity contribution is 5.81. The predicted molar refractivity (Wildman–Crippen MR) is 153 cm³/mol. The molecular weight excluding hydrogens is 490 g/mol. The molecule has 0 spiro atoms. The van der Waals surface area contributed by atoms with E-state index in [9.17, 15) is 0 Å². The summed E-state index contributed by atoms with van der Waals surface area (Å²) in [6, 6.07) is 24.5. The van der Waals surface area contributed by atoms with E-state index < -0.39 is 0 Å². The summed E-state index contributed by atoms with van der Waals surface area (Å²) in [4.78, 5) is 16.3. The van der Waals surface area contributed by atoms with E-state index in [0.29, 0.717) is 29.5 Å². The van der Waals surface area contributed by atoms with Crippen LogP contribution in [0.3, 0.4) is 0 Å². The quantitative estimate of drug-likeness (QED) is 0.230. The molecule has 0 aliphatic carbocycles. The number of fused-ring (bicyclic) bond motifs is 1. The monoisotopic (exact) mass is 521 g/mol. The van der Waals surface area contributed by atoms with Crippen LogP contribution >= 0.6 is 0 Å². The Labute approximate surface area is 227 Å². The predicted octanol–water partition coefficient (Wildman–Crippen LogP) is 5.56. The van der Waals surface area contributed by atoms with Gasteiger partial charge in [0, 0.05) is 18.8 Å². The zero-order valence-corrected chi connectivity index (χ0v) is 21.9.